The van der Waals surface area contributed by atoms with Crippen LogP contribution in [0, 0.1) is 20.8 Å². The number of hydrogen-bond donors (Lipinski definition) is 1. The van der Waals surface area contributed by atoms with Gasteiger partial charge >= 0.3 is 0 Å². The predicted molar refractivity (Wildman–Crippen MR) is 98.3 cm³/mol. The minimum absolute atomic E-state index is 0.0272. The van der Waals surface area contributed by atoms with Crippen molar-refractivity contribution in [3.8, 4) is 5.75 Å². The molecule has 0 spiro atoms. The topological polar surface area (TPSA) is 68.3 Å². The van der Waals surface area contributed by atoms with E-state index in [9.17, 15) is 9.59 Å². The van der Waals surface area contributed by atoms with E-state index in [0.29, 0.717) is 30.8 Å². The summed E-state index contributed by atoms with van der Waals surface area (Å²) in [6, 6.07) is 8.96. The summed E-state index contributed by atoms with van der Waals surface area (Å²) >= 11 is 0. The summed E-state index contributed by atoms with van der Waals surface area (Å²) in [6.45, 7) is 7.76. The van der Waals surface area contributed by atoms with Crippen molar-refractivity contribution in [2.75, 3.05) is 11.9 Å². The Kier molecular flexibility index (Phi) is 6.28. The number of aryl methyl sites for hydroxylation is 3. The van der Waals surface area contributed by atoms with Crippen LogP contribution in [0.3, 0.4) is 0 Å². The Hall–Kier alpha value is -2.69. The Morgan fingerprint density at radius 2 is 1.80 bits per heavy atom. The maximum absolute atomic E-state index is 12.1. The standard InChI is InChI=1S/C20H24N2O3/c1-13-12-14(2)21-15(3)20(13)22-19(24)6-5-11-25-18-9-7-17(8-10-18)16(4)23/h7-10,12H,5-6,11H2,1-4H3,(H,22,24). The van der Waals surface area contributed by atoms with E-state index in [-0.39, 0.29) is 11.7 Å². The number of carbonyl (C=O) groups is 2. The van der Waals surface area contributed by atoms with E-state index in [2.05, 4.69) is 10.3 Å². The van der Waals surface area contributed by atoms with Gasteiger partial charge in [-0.2, -0.15) is 0 Å². The molecule has 25 heavy (non-hydrogen) atoms. The maximum atomic E-state index is 12.1. The van der Waals surface area contributed by atoms with E-state index in [1.807, 2.05) is 26.8 Å². The first-order valence-electron chi connectivity index (χ1n) is 8.35. The number of ether oxygens (including phenoxy) is 1. The number of Topliss-reactive ketones (excluding diaryl/α,β-unsaturated/α-hetero) is 1. The average Bonchev–Trinajstić information content (AvgIpc) is 2.55. The van der Waals surface area contributed by atoms with Gasteiger partial charge in [0.1, 0.15) is 5.75 Å². The molecular formula is C20H24N2O3. The molecule has 0 saturated carbocycles. The number of aromatic nitrogens is 1. The predicted octanol–water partition coefficient (Wildman–Crippen LogP) is 4.01. The van der Waals surface area contributed by atoms with Crippen molar-refractivity contribution >= 4 is 17.4 Å². The number of amides is 1. The Morgan fingerprint density at radius 3 is 2.40 bits per heavy atom. The molecule has 0 atom stereocenters. The van der Waals surface area contributed by atoms with Crippen molar-refractivity contribution in [3.63, 3.8) is 0 Å². The van der Waals surface area contributed by atoms with E-state index in [0.717, 1.165) is 22.6 Å². The molecule has 0 saturated heterocycles. The Morgan fingerprint density at radius 1 is 1.12 bits per heavy atom. The molecule has 2 aromatic rings. The summed E-state index contributed by atoms with van der Waals surface area (Å²) in [6.07, 6.45) is 0.982. The summed E-state index contributed by atoms with van der Waals surface area (Å²) in [5, 5.41) is 2.93. The highest BCUT2D eigenvalue weighted by Crippen LogP contribution is 2.19. The smallest absolute Gasteiger partial charge is 0.224 e. The van der Waals surface area contributed by atoms with Crippen LogP contribution in [0.25, 0.3) is 0 Å². The number of ketones is 1. The molecule has 2 rings (SSSR count). The first-order chi connectivity index (χ1) is 11.9. The fraction of sp³-hybridized carbons (Fsp3) is 0.350. The molecule has 0 aliphatic carbocycles. The van der Waals surface area contributed by atoms with Gasteiger partial charge in [-0.15, -0.1) is 0 Å². The highest BCUT2D eigenvalue weighted by atomic mass is 16.5. The van der Waals surface area contributed by atoms with Crippen molar-refractivity contribution in [2.45, 2.75) is 40.5 Å². The summed E-state index contributed by atoms with van der Waals surface area (Å²) in [7, 11) is 0. The Labute approximate surface area is 148 Å². The molecule has 1 aromatic carbocycles. The fourth-order valence-corrected chi connectivity index (χ4v) is 2.62. The summed E-state index contributed by atoms with van der Waals surface area (Å²) in [5.74, 6) is 0.673. The molecular weight excluding hydrogens is 316 g/mol. The minimum atomic E-state index is -0.0487. The minimum Gasteiger partial charge on any atom is -0.494 e. The van der Waals surface area contributed by atoms with Gasteiger partial charge in [0.2, 0.25) is 5.91 Å². The van der Waals surface area contributed by atoms with Crippen LogP contribution in [0.1, 0.15) is 47.1 Å². The lowest BCUT2D eigenvalue weighted by Crippen LogP contribution is -2.15. The average molecular weight is 340 g/mol. The van der Waals surface area contributed by atoms with Crippen LogP contribution in [0.4, 0.5) is 5.69 Å². The third-order valence-corrected chi connectivity index (χ3v) is 3.87. The lowest BCUT2D eigenvalue weighted by atomic mass is 10.1. The zero-order valence-corrected chi connectivity index (χ0v) is 15.2. The van der Waals surface area contributed by atoms with E-state index < -0.39 is 0 Å². The molecule has 5 nitrogen and oxygen atoms in total. The van der Waals surface area contributed by atoms with Crippen LogP contribution in [0.5, 0.6) is 5.75 Å². The SMILES string of the molecule is CC(=O)c1ccc(OCCCC(=O)Nc2c(C)cc(C)nc2C)cc1. The zero-order chi connectivity index (χ0) is 18.4. The summed E-state index contributed by atoms with van der Waals surface area (Å²) < 4.78 is 5.60. The van der Waals surface area contributed by atoms with Crippen LogP contribution in [0.15, 0.2) is 30.3 Å². The number of pyridine rings is 1. The highest BCUT2D eigenvalue weighted by Gasteiger charge is 2.09. The summed E-state index contributed by atoms with van der Waals surface area (Å²) in [5.41, 5.74) is 4.23. The quantitative estimate of drug-likeness (QED) is 0.611. The molecule has 0 aliphatic rings. The number of nitrogens with one attached hydrogen (secondary N) is 1. The number of carbonyl (C=O) groups excluding carboxylic acids is 2. The maximum Gasteiger partial charge on any atom is 0.224 e. The van der Waals surface area contributed by atoms with Crippen LogP contribution < -0.4 is 10.1 Å². The molecule has 1 aromatic heterocycles. The van der Waals surface area contributed by atoms with Crippen LogP contribution in [-0.2, 0) is 4.79 Å². The first-order valence-corrected chi connectivity index (χ1v) is 8.35. The molecule has 0 fully saturated rings. The van der Waals surface area contributed by atoms with Crippen LogP contribution >= 0.6 is 0 Å². The van der Waals surface area contributed by atoms with E-state index in [1.165, 1.54) is 6.92 Å². The van der Waals surface area contributed by atoms with Gasteiger partial charge in [-0.25, -0.2) is 0 Å². The fourth-order valence-electron chi connectivity index (χ4n) is 2.62. The van der Waals surface area contributed by atoms with E-state index >= 15 is 0 Å². The molecule has 0 unspecified atom stereocenters. The number of benzene rings is 1. The van der Waals surface area contributed by atoms with Gasteiger partial charge in [0.15, 0.2) is 5.78 Å². The molecule has 132 valence electrons. The Bertz CT molecular complexity index is 744. The van der Waals surface area contributed by atoms with Gasteiger partial charge in [-0.3, -0.25) is 14.6 Å². The van der Waals surface area contributed by atoms with Gasteiger partial charge in [0.05, 0.1) is 18.0 Å². The van der Waals surface area contributed by atoms with Gasteiger partial charge in [-0.05, 0) is 70.0 Å². The largest absolute Gasteiger partial charge is 0.494 e. The monoisotopic (exact) mass is 340 g/mol. The highest BCUT2D eigenvalue weighted by molar-refractivity contribution is 5.94. The van der Waals surface area contributed by atoms with Crippen molar-refractivity contribution in [2.24, 2.45) is 0 Å². The number of hydrogen-bond acceptors (Lipinski definition) is 4. The van der Waals surface area contributed by atoms with Gasteiger partial charge in [0, 0.05) is 17.7 Å². The lowest BCUT2D eigenvalue weighted by Gasteiger charge is -2.12. The third-order valence-electron chi connectivity index (χ3n) is 3.87. The van der Waals surface area contributed by atoms with Crippen molar-refractivity contribution in [1.29, 1.82) is 0 Å². The molecule has 0 bridgehead atoms. The van der Waals surface area contributed by atoms with Gasteiger partial charge in [0.25, 0.3) is 0 Å². The number of rotatable bonds is 7. The first kappa shape index (κ1) is 18.6. The molecule has 5 heteroatoms. The Balaban J connectivity index is 1.78. The molecule has 1 heterocycles. The van der Waals surface area contributed by atoms with E-state index in [1.54, 1.807) is 24.3 Å². The molecule has 0 aliphatic heterocycles. The van der Waals surface area contributed by atoms with Crippen molar-refractivity contribution in [1.82, 2.24) is 4.98 Å². The zero-order valence-electron chi connectivity index (χ0n) is 15.2. The van der Waals surface area contributed by atoms with E-state index in [4.69, 9.17) is 4.74 Å². The third kappa shape index (κ3) is 5.41. The number of anilines is 1. The van der Waals surface area contributed by atoms with Crippen LogP contribution in [-0.4, -0.2) is 23.3 Å². The van der Waals surface area contributed by atoms with Crippen molar-refractivity contribution in [3.05, 3.63) is 52.8 Å². The number of nitrogens with zero attached hydrogens (tertiary/aromatic N) is 1. The molecule has 0 radical (unpaired) electrons. The summed E-state index contributed by atoms with van der Waals surface area (Å²) in [4.78, 5) is 27.7. The van der Waals surface area contributed by atoms with Gasteiger partial charge < -0.3 is 10.1 Å². The van der Waals surface area contributed by atoms with Gasteiger partial charge in [-0.1, -0.05) is 0 Å². The molecule has 1 N–H and O–H groups in total. The second kappa shape index (κ2) is 8.42. The van der Waals surface area contributed by atoms with Crippen LogP contribution in [0.2, 0.25) is 0 Å². The second-order valence-corrected chi connectivity index (χ2v) is 6.12. The lowest BCUT2D eigenvalue weighted by molar-refractivity contribution is -0.116. The molecule has 1 amide bonds. The normalized spacial score (nSPS) is 10.4. The second-order valence-electron chi connectivity index (χ2n) is 6.12. The van der Waals surface area contributed by atoms with Crippen molar-refractivity contribution < 1.29 is 14.3 Å².